The Kier molecular flexibility index (Phi) is 11.6. The van der Waals surface area contributed by atoms with Gasteiger partial charge in [0.15, 0.2) is 0 Å². The lowest BCUT2D eigenvalue weighted by molar-refractivity contribution is -0.137. The molecule has 8 rings (SSSR count). The fourth-order valence-electron chi connectivity index (χ4n) is 9.05. The van der Waals surface area contributed by atoms with E-state index in [0.717, 1.165) is 64.9 Å². The lowest BCUT2D eigenvalue weighted by atomic mass is 9.82. The molecule has 2 saturated heterocycles. The third kappa shape index (κ3) is 8.21. The Bertz CT molecular complexity index is 2390. The van der Waals surface area contributed by atoms with Crippen molar-refractivity contribution in [3.8, 4) is 11.1 Å². The van der Waals surface area contributed by atoms with Crippen LogP contribution in [0.1, 0.15) is 84.5 Å². The van der Waals surface area contributed by atoms with Crippen molar-refractivity contribution in [1.29, 1.82) is 0 Å². The summed E-state index contributed by atoms with van der Waals surface area (Å²) in [6.45, 7) is 3.20. The second-order valence-electron chi connectivity index (χ2n) is 16.0. The summed E-state index contributed by atoms with van der Waals surface area (Å²) in [4.78, 5) is 52.0. The van der Waals surface area contributed by atoms with Crippen LogP contribution in [-0.2, 0) is 31.0 Å². The minimum atomic E-state index is -3.79. The number of anilines is 3. The number of rotatable bonds is 14. The van der Waals surface area contributed by atoms with Gasteiger partial charge in [0, 0.05) is 66.6 Å². The second kappa shape index (κ2) is 17.0. The van der Waals surface area contributed by atoms with E-state index in [1.165, 1.54) is 0 Å². The summed E-state index contributed by atoms with van der Waals surface area (Å²) in [6, 6.07) is 24.7. The van der Waals surface area contributed by atoms with E-state index in [4.69, 9.17) is 0 Å². The minimum Gasteiger partial charge on any atom is -0.394 e. The van der Waals surface area contributed by atoms with Crippen molar-refractivity contribution in [1.82, 2.24) is 14.5 Å². The molecule has 1 unspecified atom stereocenters. The zero-order valence-corrected chi connectivity index (χ0v) is 33.9. The predicted octanol–water partition coefficient (Wildman–Crippen LogP) is 5.96. The number of fused-ring (bicyclic) bond motifs is 4. The first kappa shape index (κ1) is 40.2. The van der Waals surface area contributed by atoms with Crippen LogP contribution in [0.25, 0.3) is 11.1 Å². The van der Waals surface area contributed by atoms with Gasteiger partial charge in [-0.25, -0.2) is 8.42 Å². The van der Waals surface area contributed by atoms with Crippen LogP contribution in [0.15, 0.2) is 89.8 Å². The van der Waals surface area contributed by atoms with Gasteiger partial charge in [0.1, 0.15) is 6.04 Å². The number of aryl methyl sites for hydroxylation is 1. The third-order valence-corrected chi connectivity index (χ3v) is 14.1. The predicted molar refractivity (Wildman–Crippen MR) is 225 cm³/mol. The normalized spacial score (nSPS) is 21.3. The largest absolute Gasteiger partial charge is 0.394 e. The number of nitrogens with zero attached hydrogens (tertiary/aromatic N) is 2. The van der Waals surface area contributed by atoms with E-state index in [1.807, 2.05) is 73.7 Å². The molecule has 0 radical (unpaired) electrons. The summed E-state index contributed by atoms with van der Waals surface area (Å²) in [6.07, 6.45) is 4.96. The van der Waals surface area contributed by atoms with E-state index in [0.29, 0.717) is 50.1 Å². The Balaban J connectivity index is 0.837. The van der Waals surface area contributed by atoms with Gasteiger partial charge in [-0.2, -0.15) is 4.31 Å². The lowest BCUT2D eigenvalue weighted by Gasteiger charge is -2.39. The number of nitrogens with one attached hydrogen (secondary N) is 4. The first-order chi connectivity index (χ1) is 28.5. The molecular formula is C45H50N6O7S. The van der Waals surface area contributed by atoms with Crippen LogP contribution in [0.5, 0.6) is 0 Å². The smallest absolute Gasteiger partial charge is 0.255 e. The Hall–Kier alpha value is -5.57. The van der Waals surface area contributed by atoms with Gasteiger partial charge >= 0.3 is 0 Å². The molecule has 4 aliphatic rings. The van der Waals surface area contributed by atoms with Gasteiger partial charge in [-0.15, -0.1) is 0 Å². The molecule has 14 heteroatoms. The van der Waals surface area contributed by atoms with Crippen LogP contribution in [0, 0.1) is 12.8 Å². The monoisotopic (exact) mass is 818 g/mol. The maximum atomic E-state index is 14.0. The summed E-state index contributed by atoms with van der Waals surface area (Å²) in [5.41, 5.74) is 7.43. The molecule has 4 heterocycles. The number of hydrogen-bond donors (Lipinski definition) is 5. The van der Waals surface area contributed by atoms with Crippen molar-refractivity contribution in [2.45, 2.75) is 87.9 Å². The molecule has 308 valence electrons. The number of amides is 4. The van der Waals surface area contributed by atoms with E-state index in [1.54, 1.807) is 27.4 Å². The summed E-state index contributed by atoms with van der Waals surface area (Å²) >= 11 is 0. The van der Waals surface area contributed by atoms with E-state index in [-0.39, 0.29) is 47.6 Å². The zero-order chi connectivity index (χ0) is 41.3. The molecule has 0 bridgehead atoms. The number of sulfonamides is 1. The highest BCUT2D eigenvalue weighted by molar-refractivity contribution is 7.89. The topological polar surface area (TPSA) is 177 Å². The van der Waals surface area contributed by atoms with Crippen LogP contribution < -0.4 is 21.3 Å². The molecule has 5 N–H and O–H groups in total. The summed E-state index contributed by atoms with van der Waals surface area (Å²) in [5.74, 6) is -1.09. The summed E-state index contributed by atoms with van der Waals surface area (Å²) in [7, 11) is -3.79. The molecule has 4 aromatic carbocycles. The van der Waals surface area contributed by atoms with Crippen molar-refractivity contribution in [3.05, 3.63) is 107 Å². The maximum absolute atomic E-state index is 14.0. The van der Waals surface area contributed by atoms with E-state index >= 15 is 0 Å². The van der Waals surface area contributed by atoms with E-state index < -0.39 is 28.0 Å². The molecule has 0 aromatic heterocycles. The van der Waals surface area contributed by atoms with Gasteiger partial charge in [-0.05, 0) is 97.8 Å². The molecular weight excluding hydrogens is 769 g/mol. The summed E-state index contributed by atoms with van der Waals surface area (Å²) < 4.78 is 29.6. The molecule has 0 aliphatic carbocycles. The molecule has 0 spiro atoms. The molecule has 4 aromatic rings. The van der Waals surface area contributed by atoms with E-state index in [2.05, 4.69) is 21.3 Å². The number of aliphatic hydroxyl groups excluding tert-OH is 1. The highest BCUT2D eigenvalue weighted by atomic mass is 32.2. The SMILES string of the molecule is Cc1ccc(S(=O)(=O)N2CC[C@@H]3[C@H](CO)Nc4ccc(-c5cccc(NC(=O)CCCCCCNc6cccc7c6CN(C6CCC(=O)NC6=O)C7=O)c5)cc4[C@@H]32)cc1. The average molecular weight is 819 g/mol. The average Bonchev–Trinajstić information content (AvgIpc) is 3.83. The van der Waals surface area contributed by atoms with Crippen molar-refractivity contribution >= 4 is 50.7 Å². The quantitative estimate of drug-likeness (QED) is 0.0759. The fourth-order valence-corrected chi connectivity index (χ4v) is 10.7. The fraction of sp³-hybridized carbons (Fsp3) is 0.378. The van der Waals surface area contributed by atoms with Gasteiger partial charge in [-0.3, -0.25) is 24.5 Å². The summed E-state index contributed by atoms with van der Waals surface area (Å²) in [5, 5.41) is 22.6. The van der Waals surface area contributed by atoms with Crippen LogP contribution in [0.2, 0.25) is 0 Å². The molecule has 4 atom stereocenters. The number of imide groups is 1. The van der Waals surface area contributed by atoms with Crippen LogP contribution in [0.3, 0.4) is 0 Å². The molecule has 59 heavy (non-hydrogen) atoms. The number of carbonyl (C=O) groups excluding carboxylic acids is 4. The maximum Gasteiger partial charge on any atom is 0.255 e. The Morgan fingerprint density at radius 2 is 1.68 bits per heavy atom. The number of unbranched alkanes of at least 4 members (excludes halogenated alkanes) is 3. The Labute approximate surface area is 344 Å². The molecule has 13 nitrogen and oxygen atoms in total. The first-order valence-corrected chi connectivity index (χ1v) is 22.0. The molecule has 4 amide bonds. The number of piperidine rings is 1. The molecule has 2 fully saturated rings. The lowest BCUT2D eigenvalue weighted by Crippen LogP contribution is -2.52. The number of hydrogen-bond acceptors (Lipinski definition) is 9. The van der Waals surface area contributed by atoms with Crippen molar-refractivity contribution in [3.63, 3.8) is 0 Å². The number of benzene rings is 4. The van der Waals surface area contributed by atoms with E-state index in [9.17, 15) is 32.7 Å². The third-order valence-electron chi connectivity index (χ3n) is 12.2. The van der Waals surface area contributed by atoms with Gasteiger partial charge in [0.25, 0.3) is 5.91 Å². The van der Waals surface area contributed by atoms with Crippen molar-refractivity contribution in [2.75, 3.05) is 35.6 Å². The molecule has 0 saturated carbocycles. The highest BCUT2D eigenvalue weighted by Gasteiger charge is 2.48. The van der Waals surface area contributed by atoms with Crippen LogP contribution in [-0.4, -0.2) is 78.1 Å². The zero-order valence-electron chi connectivity index (χ0n) is 33.1. The van der Waals surface area contributed by atoms with Gasteiger partial charge in [0.05, 0.1) is 23.6 Å². The van der Waals surface area contributed by atoms with Gasteiger partial charge in [0.2, 0.25) is 27.7 Å². The number of aliphatic hydroxyl groups is 1. The Morgan fingerprint density at radius 1 is 0.898 bits per heavy atom. The number of carbonyl (C=O) groups is 4. The highest BCUT2D eigenvalue weighted by Crippen LogP contribution is 2.49. The van der Waals surface area contributed by atoms with Crippen LogP contribution >= 0.6 is 0 Å². The Morgan fingerprint density at radius 3 is 2.47 bits per heavy atom. The van der Waals surface area contributed by atoms with Crippen LogP contribution in [0.4, 0.5) is 17.1 Å². The van der Waals surface area contributed by atoms with Crippen molar-refractivity contribution in [2.24, 2.45) is 5.92 Å². The van der Waals surface area contributed by atoms with Gasteiger partial charge < -0.3 is 26.0 Å². The first-order valence-electron chi connectivity index (χ1n) is 20.5. The molecule has 4 aliphatic heterocycles. The standard InChI is InChI=1S/C45H50N6O7S/c1-28-13-16-32(17-14-28)59(57,58)51-23-21-34-39(27-52)48-38-18-15-30(25-35(38)43(34)51)29-8-6-9-31(24-29)47-41(53)12-4-2-3-5-22-46-37-11-7-10-33-36(37)26-50(45(33)56)40-19-20-42(54)49-44(40)55/h6-11,13-18,24-25,34,39-40,43,46,48,52H,2-5,12,19-23,26-27H2,1H3,(H,47,53)(H,49,54,55)/t34-,39+,40?,43-/m1/s1. The minimum absolute atomic E-state index is 0.0687. The van der Waals surface area contributed by atoms with Crippen molar-refractivity contribution < 1.29 is 32.7 Å². The van der Waals surface area contributed by atoms with Gasteiger partial charge in [-0.1, -0.05) is 54.8 Å². The second-order valence-corrected chi connectivity index (χ2v) is 17.9.